The summed E-state index contributed by atoms with van der Waals surface area (Å²) < 4.78 is 17.1. The van der Waals surface area contributed by atoms with Crippen molar-refractivity contribution in [3.8, 4) is 0 Å². The Morgan fingerprint density at radius 3 is 1.91 bits per heavy atom. The van der Waals surface area contributed by atoms with Crippen molar-refractivity contribution in [2.24, 2.45) is 0 Å². The third-order valence-electron chi connectivity index (χ3n) is 3.58. The lowest BCUT2D eigenvalue weighted by Gasteiger charge is -2.23. The van der Waals surface area contributed by atoms with Gasteiger partial charge < -0.3 is 14.2 Å². The molecule has 2 rings (SSSR count). The van der Waals surface area contributed by atoms with E-state index >= 15 is 0 Å². The Kier molecular flexibility index (Phi) is 7.10. The molecule has 0 radical (unpaired) electrons. The summed E-state index contributed by atoms with van der Waals surface area (Å²) >= 11 is 0. The number of benzene rings is 2. The van der Waals surface area contributed by atoms with E-state index < -0.39 is 0 Å². The number of hydrogen-bond acceptors (Lipinski definition) is 3. The normalized spacial score (nSPS) is 13.7. The summed E-state index contributed by atoms with van der Waals surface area (Å²) in [5, 5.41) is 0. The van der Waals surface area contributed by atoms with Crippen molar-refractivity contribution in [1.29, 1.82) is 0 Å². The second-order valence-corrected chi connectivity index (χ2v) is 5.28. The van der Waals surface area contributed by atoms with Gasteiger partial charge in [-0.2, -0.15) is 0 Å². The largest absolute Gasteiger partial charge is 0.376 e. The smallest absolute Gasteiger partial charge is 0.106 e. The lowest BCUT2D eigenvalue weighted by atomic mass is 10.2. The van der Waals surface area contributed by atoms with E-state index in [0.717, 1.165) is 11.1 Å². The minimum Gasteiger partial charge on any atom is -0.376 e. The van der Waals surface area contributed by atoms with Gasteiger partial charge in [0, 0.05) is 7.11 Å². The highest BCUT2D eigenvalue weighted by Crippen LogP contribution is 2.10. The van der Waals surface area contributed by atoms with E-state index in [1.54, 1.807) is 7.11 Å². The molecule has 22 heavy (non-hydrogen) atoms. The summed E-state index contributed by atoms with van der Waals surface area (Å²) in [6.07, 6.45) is -0.103. The molecule has 2 aromatic carbocycles. The fourth-order valence-corrected chi connectivity index (χ4v) is 2.17. The summed E-state index contributed by atoms with van der Waals surface area (Å²) in [6.45, 7) is 3.71. The van der Waals surface area contributed by atoms with Gasteiger partial charge in [-0.15, -0.1) is 0 Å². The Balaban J connectivity index is 1.73. The molecule has 0 aliphatic carbocycles. The van der Waals surface area contributed by atoms with Crippen molar-refractivity contribution in [3.63, 3.8) is 0 Å². The quantitative estimate of drug-likeness (QED) is 0.704. The first-order chi connectivity index (χ1) is 10.8. The summed E-state index contributed by atoms with van der Waals surface area (Å²) in [6, 6.07) is 20.3. The van der Waals surface area contributed by atoms with Crippen molar-refractivity contribution in [2.75, 3.05) is 13.7 Å². The highest BCUT2D eigenvalue weighted by atomic mass is 16.6. The molecule has 3 heteroatoms. The molecule has 1 unspecified atom stereocenters. The fraction of sp³-hybridized carbons (Fsp3) is 0.368. The Bertz CT molecular complexity index is 513. The van der Waals surface area contributed by atoms with Crippen molar-refractivity contribution in [2.45, 2.75) is 32.3 Å². The summed E-state index contributed by atoms with van der Waals surface area (Å²) in [4.78, 5) is 0. The van der Waals surface area contributed by atoms with Gasteiger partial charge in [-0.05, 0) is 18.1 Å². The third kappa shape index (κ3) is 5.60. The van der Waals surface area contributed by atoms with E-state index in [9.17, 15) is 0 Å². The second-order valence-electron chi connectivity index (χ2n) is 5.28. The van der Waals surface area contributed by atoms with Crippen molar-refractivity contribution in [1.82, 2.24) is 0 Å². The van der Waals surface area contributed by atoms with Crippen LogP contribution < -0.4 is 0 Å². The Morgan fingerprint density at radius 1 is 0.818 bits per heavy atom. The molecule has 2 aromatic rings. The molecule has 3 nitrogen and oxygen atoms in total. The first-order valence-electron chi connectivity index (χ1n) is 7.59. The van der Waals surface area contributed by atoms with Gasteiger partial charge in [0.15, 0.2) is 0 Å². The van der Waals surface area contributed by atoms with E-state index in [0.29, 0.717) is 19.8 Å². The molecule has 0 spiro atoms. The fourth-order valence-electron chi connectivity index (χ4n) is 2.17. The maximum atomic E-state index is 5.88. The molecule has 118 valence electrons. The molecule has 0 N–H and O–H groups in total. The van der Waals surface area contributed by atoms with Crippen LogP contribution in [-0.4, -0.2) is 25.9 Å². The number of ether oxygens (including phenoxy) is 3. The van der Waals surface area contributed by atoms with Gasteiger partial charge in [0.2, 0.25) is 0 Å². The SMILES string of the molecule is COC(COCc1ccccc1)[C@H](C)OCc1ccccc1. The van der Waals surface area contributed by atoms with Crippen molar-refractivity contribution >= 4 is 0 Å². The van der Waals surface area contributed by atoms with E-state index in [-0.39, 0.29) is 12.2 Å². The predicted molar refractivity (Wildman–Crippen MR) is 87.6 cm³/mol. The van der Waals surface area contributed by atoms with Gasteiger partial charge in [-0.1, -0.05) is 60.7 Å². The molecule has 0 saturated heterocycles. The van der Waals surface area contributed by atoms with E-state index in [4.69, 9.17) is 14.2 Å². The zero-order chi connectivity index (χ0) is 15.6. The molecule has 0 aliphatic heterocycles. The van der Waals surface area contributed by atoms with Crippen LogP contribution in [-0.2, 0) is 27.4 Å². The van der Waals surface area contributed by atoms with Gasteiger partial charge >= 0.3 is 0 Å². The number of hydrogen-bond donors (Lipinski definition) is 0. The number of methoxy groups -OCH3 is 1. The van der Waals surface area contributed by atoms with E-state index in [2.05, 4.69) is 24.3 Å². The highest BCUT2D eigenvalue weighted by Gasteiger charge is 2.17. The van der Waals surface area contributed by atoms with E-state index in [1.165, 1.54) is 0 Å². The minimum absolute atomic E-state index is 0.0269. The maximum absolute atomic E-state index is 5.88. The lowest BCUT2D eigenvalue weighted by molar-refractivity contribution is -0.0895. The zero-order valence-electron chi connectivity index (χ0n) is 13.3. The van der Waals surface area contributed by atoms with Crippen LogP contribution in [0, 0.1) is 0 Å². The maximum Gasteiger partial charge on any atom is 0.106 e. The van der Waals surface area contributed by atoms with E-state index in [1.807, 2.05) is 43.3 Å². The van der Waals surface area contributed by atoms with Gasteiger partial charge in [0.1, 0.15) is 6.10 Å². The Morgan fingerprint density at radius 2 is 1.36 bits per heavy atom. The van der Waals surface area contributed by atoms with Crippen LogP contribution in [0.3, 0.4) is 0 Å². The monoisotopic (exact) mass is 300 g/mol. The first-order valence-corrected chi connectivity index (χ1v) is 7.59. The molecular formula is C19H24O3. The Labute approximate surface area is 132 Å². The summed E-state index contributed by atoms with van der Waals surface area (Å²) in [5.74, 6) is 0. The van der Waals surface area contributed by atoms with Gasteiger partial charge in [-0.25, -0.2) is 0 Å². The van der Waals surface area contributed by atoms with Gasteiger partial charge in [0.05, 0.1) is 25.9 Å². The summed E-state index contributed by atoms with van der Waals surface area (Å²) in [5.41, 5.74) is 2.32. The topological polar surface area (TPSA) is 27.7 Å². The molecule has 0 bridgehead atoms. The van der Waals surface area contributed by atoms with Crippen LogP contribution in [0.2, 0.25) is 0 Å². The first kappa shape index (κ1) is 16.7. The van der Waals surface area contributed by atoms with Crippen molar-refractivity contribution in [3.05, 3.63) is 71.8 Å². The highest BCUT2D eigenvalue weighted by molar-refractivity contribution is 5.14. The molecule has 0 amide bonds. The van der Waals surface area contributed by atoms with Crippen molar-refractivity contribution < 1.29 is 14.2 Å². The van der Waals surface area contributed by atoms with Crippen LogP contribution in [0.4, 0.5) is 0 Å². The van der Waals surface area contributed by atoms with Gasteiger partial charge in [0.25, 0.3) is 0 Å². The van der Waals surface area contributed by atoms with Crippen LogP contribution in [0.15, 0.2) is 60.7 Å². The second kappa shape index (κ2) is 9.36. The minimum atomic E-state index is -0.0765. The zero-order valence-corrected chi connectivity index (χ0v) is 13.3. The van der Waals surface area contributed by atoms with Crippen LogP contribution in [0.1, 0.15) is 18.1 Å². The average molecular weight is 300 g/mol. The predicted octanol–water partition coefficient (Wildman–Crippen LogP) is 3.82. The summed E-state index contributed by atoms with van der Waals surface area (Å²) in [7, 11) is 1.69. The molecule has 0 heterocycles. The standard InChI is InChI=1S/C19H24O3/c1-16(22-14-18-11-7-4-8-12-18)19(20-2)15-21-13-17-9-5-3-6-10-17/h3-12,16,19H,13-15H2,1-2H3/t16-,19?/m0/s1. The van der Waals surface area contributed by atoms with Gasteiger partial charge in [-0.3, -0.25) is 0 Å². The number of rotatable bonds is 9. The van der Waals surface area contributed by atoms with Crippen LogP contribution in [0.5, 0.6) is 0 Å². The molecule has 0 aliphatic rings. The van der Waals surface area contributed by atoms with Crippen LogP contribution in [0.25, 0.3) is 0 Å². The third-order valence-corrected chi connectivity index (χ3v) is 3.58. The molecule has 0 aromatic heterocycles. The van der Waals surface area contributed by atoms with Crippen LogP contribution >= 0.6 is 0 Å². The Hall–Kier alpha value is -1.68. The molecule has 0 fully saturated rings. The molecule has 2 atom stereocenters. The molecular weight excluding hydrogens is 276 g/mol. The molecule has 0 saturated carbocycles. The lowest BCUT2D eigenvalue weighted by Crippen LogP contribution is -2.32. The average Bonchev–Trinajstić information content (AvgIpc) is 2.58.